The summed E-state index contributed by atoms with van der Waals surface area (Å²) in [4.78, 5) is 25.0. The topological polar surface area (TPSA) is 59.1 Å². The number of ether oxygens (including phenoxy) is 2. The highest BCUT2D eigenvalue weighted by atomic mass is 16.6. The van der Waals surface area contributed by atoms with Gasteiger partial charge in [0.05, 0.1) is 18.8 Å². The van der Waals surface area contributed by atoms with Crippen LogP contribution in [-0.2, 0) is 20.7 Å². The first-order chi connectivity index (χ1) is 9.74. The van der Waals surface area contributed by atoms with Gasteiger partial charge in [-0.2, -0.15) is 0 Å². The third kappa shape index (κ3) is 2.88. The van der Waals surface area contributed by atoms with E-state index in [4.69, 9.17) is 9.47 Å². The molecule has 1 aromatic carbocycles. The Bertz CT molecular complexity index is 536. The molecule has 5 nitrogen and oxygen atoms in total. The third-order valence-corrected chi connectivity index (χ3v) is 3.33. The summed E-state index contributed by atoms with van der Waals surface area (Å²) in [6.45, 7) is 0.884. The lowest BCUT2D eigenvalue weighted by Gasteiger charge is -2.17. The SMILES string of the molecule is O=C(/C=C/[C@@H]1CO1)N1C(=O)OC[C@H]1Cc1ccccc1. The first-order valence-electron chi connectivity index (χ1n) is 6.58. The van der Waals surface area contributed by atoms with E-state index in [1.807, 2.05) is 30.3 Å². The van der Waals surface area contributed by atoms with Crippen LogP contribution in [-0.4, -0.2) is 42.3 Å². The van der Waals surface area contributed by atoms with Crippen molar-refractivity contribution in [3.8, 4) is 0 Å². The average Bonchev–Trinajstić information content (AvgIpc) is 3.22. The zero-order valence-electron chi connectivity index (χ0n) is 10.9. The van der Waals surface area contributed by atoms with Crippen molar-refractivity contribution in [3.63, 3.8) is 0 Å². The van der Waals surface area contributed by atoms with Crippen molar-refractivity contribution in [1.29, 1.82) is 0 Å². The van der Waals surface area contributed by atoms with Crippen LogP contribution >= 0.6 is 0 Å². The smallest absolute Gasteiger partial charge is 0.417 e. The Balaban J connectivity index is 1.69. The van der Waals surface area contributed by atoms with E-state index in [0.717, 1.165) is 5.56 Å². The van der Waals surface area contributed by atoms with Crippen LogP contribution in [0.5, 0.6) is 0 Å². The van der Waals surface area contributed by atoms with Crippen LogP contribution in [0.2, 0.25) is 0 Å². The van der Waals surface area contributed by atoms with E-state index in [1.165, 1.54) is 11.0 Å². The highest BCUT2D eigenvalue weighted by molar-refractivity contribution is 5.99. The maximum atomic E-state index is 12.1. The fraction of sp³-hybridized carbons (Fsp3) is 0.333. The number of carbonyl (C=O) groups is 2. The van der Waals surface area contributed by atoms with Crippen molar-refractivity contribution in [2.75, 3.05) is 13.2 Å². The zero-order chi connectivity index (χ0) is 13.9. The van der Waals surface area contributed by atoms with Crippen molar-refractivity contribution < 1.29 is 19.1 Å². The molecule has 0 saturated carbocycles. The van der Waals surface area contributed by atoms with Crippen molar-refractivity contribution in [2.24, 2.45) is 0 Å². The van der Waals surface area contributed by atoms with Crippen molar-refractivity contribution in [3.05, 3.63) is 48.0 Å². The number of hydrogen-bond acceptors (Lipinski definition) is 4. The minimum absolute atomic E-state index is 0.0187. The molecule has 0 aromatic heterocycles. The summed E-state index contributed by atoms with van der Waals surface area (Å²) in [7, 11) is 0. The molecule has 0 unspecified atom stereocenters. The summed E-state index contributed by atoms with van der Waals surface area (Å²) in [5, 5.41) is 0. The Hall–Kier alpha value is -2.14. The monoisotopic (exact) mass is 273 g/mol. The van der Waals surface area contributed by atoms with E-state index in [1.54, 1.807) is 6.08 Å². The van der Waals surface area contributed by atoms with Crippen LogP contribution in [0.3, 0.4) is 0 Å². The van der Waals surface area contributed by atoms with Gasteiger partial charge in [-0.3, -0.25) is 4.79 Å². The number of nitrogens with zero attached hydrogens (tertiary/aromatic N) is 1. The molecule has 2 heterocycles. The number of epoxide rings is 1. The van der Waals surface area contributed by atoms with Gasteiger partial charge in [0.15, 0.2) is 0 Å². The van der Waals surface area contributed by atoms with Crippen LogP contribution in [0, 0.1) is 0 Å². The molecular weight excluding hydrogens is 258 g/mol. The Morgan fingerprint density at radius 1 is 1.30 bits per heavy atom. The van der Waals surface area contributed by atoms with Gasteiger partial charge >= 0.3 is 6.09 Å². The molecule has 0 spiro atoms. The summed E-state index contributed by atoms with van der Waals surface area (Å²) in [6.07, 6.45) is 3.12. The molecular formula is C15H15NO4. The standard InChI is InChI=1S/C15H15NO4/c17-14(7-6-13-10-19-13)16-12(9-20-15(16)18)8-11-4-2-1-3-5-11/h1-7,12-13H,8-10H2/b7-6+/t12-,13-/m1/s1. The van der Waals surface area contributed by atoms with Crippen LogP contribution in [0.25, 0.3) is 0 Å². The van der Waals surface area contributed by atoms with Gasteiger partial charge in [-0.25, -0.2) is 9.69 Å². The van der Waals surface area contributed by atoms with Gasteiger partial charge in [0, 0.05) is 6.08 Å². The van der Waals surface area contributed by atoms with E-state index >= 15 is 0 Å². The molecule has 2 amide bonds. The summed E-state index contributed by atoms with van der Waals surface area (Å²) < 4.78 is 9.99. The predicted octanol–water partition coefficient (Wildman–Crippen LogP) is 1.53. The van der Waals surface area contributed by atoms with Crippen LogP contribution in [0.4, 0.5) is 4.79 Å². The molecule has 2 atom stereocenters. The Kier molecular flexibility index (Phi) is 3.52. The molecule has 5 heteroatoms. The predicted molar refractivity (Wildman–Crippen MR) is 71.0 cm³/mol. The van der Waals surface area contributed by atoms with Crippen molar-refractivity contribution in [1.82, 2.24) is 4.90 Å². The number of rotatable bonds is 4. The molecule has 3 rings (SSSR count). The number of hydrogen-bond donors (Lipinski definition) is 0. The van der Waals surface area contributed by atoms with Gasteiger partial charge in [0.2, 0.25) is 0 Å². The summed E-state index contributed by atoms with van der Waals surface area (Å²) >= 11 is 0. The molecule has 0 radical (unpaired) electrons. The molecule has 2 fully saturated rings. The van der Waals surface area contributed by atoms with Gasteiger partial charge in [-0.05, 0) is 18.1 Å². The second kappa shape index (κ2) is 5.46. The Morgan fingerprint density at radius 3 is 2.75 bits per heavy atom. The molecule has 2 aliphatic heterocycles. The van der Waals surface area contributed by atoms with Gasteiger partial charge in [-0.15, -0.1) is 0 Å². The largest absolute Gasteiger partial charge is 0.447 e. The fourth-order valence-corrected chi connectivity index (χ4v) is 2.20. The normalized spacial score (nSPS) is 25.0. The summed E-state index contributed by atoms with van der Waals surface area (Å²) in [5.74, 6) is -0.344. The highest BCUT2D eigenvalue weighted by Gasteiger charge is 2.37. The molecule has 0 bridgehead atoms. The summed E-state index contributed by atoms with van der Waals surface area (Å²) in [5.41, 5.74) is 1.07. The first-order valence-corrected chi connectivity index (χ1v) is 6.58. The van der Waals surface area contributed by atoms with E-state index in [0.29, 0.717) is 13.0 Å². The number of carbonyl (C=O) groups excluding carboxylic acids is 2. The lowest BCUT2D eigenvalue weighted by atomic mass is 10.1. The van der Waals surface area contributed by atoms with E-state index in [2.05, 4.69) is 0 Å². The number of imide groups is 1. The Morgan fingerprint density at radius 2 is 2.05 bits per heavy atom. The third-order valence-electron chi connectivity index (χ3n) is 3.33. The number of cyclic esters (lactones) is 1. The first kappa shape index (κ1) is 12.9. The van der Waals surface area contributed by atoms with Gasteiger partial charge in [0.1, 0.15) is 6.61 Å². The van der Waals surface area contributed by atoms with Crippen LogP contribution in [0.1, 0.15) is 5.56 Å². The van der Waals surface area contributed by atoms with Crippen molar-refractivity contribution in [2.45, 2.75) is 18.6 Å². The van der Waals surface area contributed by atoms with Gasteiger partial charge in [-0.1, -0.05) is 30.3 Å². The van der Waals surface area contributed by atoms with E-state index in [-0.39, 0.29) is 24.7 Å². The van der Waals surface area contributed by atoms with E-state index in [9.17, 15) is 9.59 Å². The van der Waals surface area contributed by atoms with Gasteiger partial charge < -0.3 is 9.47 Å². The lowest BCUT2D eigenvalue weighted by Crippen LogP contribution is -2.39. The maximum absolute atomic E-state index is 12.1. The second-order valence-corrected chi connectivity index (χ2v) is 4.86. The van der Waals surface area contributed by atoms with Crippen LogP contribution < -0.4 is 0 Å². The molecule has 2 saturated heterocycles. The number of benzene rings is 1. The Labute approximate surface area is 116 Å². The molecule has 0 aliphatic carbocycles. The van der Waals surface area contributed by atoms with Crippen molar-refractivity contribution >= 4 is 12.0 Å². The van der Waals surface area contributed by atoms with Gasteiger partial charge in [0.25, 0.3) is 5.91 Å². The number of amides is 2. The fourth-order valence-electron chi connectivity index (χ4n) is 2.20. The molecule has 0 N–H and O–H groups in total. The maximum Gasteiger partial charge on any atom is 0.417 e. The minimum atomic E-state index is -0.572. The second-order valence-electron chi connectivity index (χ2n) is 4.86. The molecule has 104 valence electrons. The molecule has 1 aromatic rings. The average molecular weight is 273 g/mol. The van der Waals surface area contributed by atoms with Crippen LogP contribution in [0.15, 0.2) is 42.5 Å². The summed E-state index contributed by atoms with van der Waals surface area (Å²) in [6, 6.07) is 9.49. The highest BCUT2D eigenvalue weighted by Crippen LogP contribution is 2.18. The van der Waals surface area contributed by atoms with E-state index < -0.39 is 6.09 Å². The quantitative estimate of drug-likeness (QED) is 0.616. The minimum Gasteiger partial charge on any atom is -0.447 e. The zero-order valence-corrected chi connectivity index (χ0v) is 10.9. The molecule has 20 heavy (non-hydrogen) atoms. The molecule has 2 aliphatic rings. The lowest BCUT2D eigenvalue weighted by molar-refractivity contribution is -0.124.